The van der Waals surface area contributed by atoms with E-state index < -0.39 is 0 Å². The molecule has 77 valence electrons. The van der Waals surface area contributed by atoms with Gasteiger partial charge in [-0.1, -0.05) is 13.0 Å². The summed E-state index contributed by atoms with van der Waals surface area (Å²) in [6.45, 7) is 6.67. The summed E-state index contributed by atoms with van der Waals surface area (Å²) < 4.78 is 5.43. The lowest BCUT2D eigenvalue weighted by Gasteiger charge is -2.11. The lowest BCUT2D eigenvalue weighted by atomic mass is 10.00. The molecule has 0 atom stereocenters. The fraction of sp³-hybridized carbons (Fsp3) is 0.417. The van der Waals surface area contributed by atoms with Crippen LogP contribution in [0.1, 0.15) is 25.0 Å². The van der Waals surface area contributed by atoms with E-state index in [1.165, 1.54) is 0 Å². The quantitative estimate of drug-likeness (QED) is 0.795. The molecule has 0 amide bonds. The predicted octanol–water partition coefficient (Wildman–Crippen LogP) is 2.33. The maximum absolute atomic E-state index is 9.02. The second kappa shape index (κ2) is 5.01. The maximum Gasteiger partial charge on any atom is 0.119 e. The van der Waals surface area contributed by atoms with Crippen LogP contribution in [0.2, 0.25) is 0 Å². The van der Waals surface area contributed by atoms with Crippen molar-refractivity contribution in [2.45, 2.75) is 20.8 Å². The van der Waals surface area contributed by atoms with E-state index in [2.05, 4.69) is 0 Å². The standard InChI is InChI=1S/C12H17O2/c1-4-14-12-6-9(2)5-11(7-12)10(3)8-13/h5-7,13H,4,8H2,1-3H3. The highest BCUT2D eigenvalue weighted by Crippen LogP contribution is 2.22. The minimum Gasteiger partial charge on any atom is -0.494 e. The number of aliphatic hydroxyl groups excluding tert-OH is 1. The SMILES string of the molecule is CCOc1cc(C)cc([C](C)CO)c1. The van der Waals surface area contributed by atoms with Gasteiger partial charge < -0.3 is 9.84 Å². The average Bonchev–Trinajstić information content (AvgIpc) is 2.16. The number of ether oxygens (including phenoxy) is 1. The van der Waals surface area contributed by atoms with Crippen molar-refractivity contribution in [3.63, 3.8) is 0 Å². The predicted molar refractivity (Wildman–Crippen MR) is 57.5 cm³/mol. The molecule has 1 aromatic carbocycles. The molecule has 1 aromatic rings. The average molecular weight is 193 g/mol. The number of hydrogen-bond donors (Lipinski definition) is 1. The van der Waals surface area contributed by atoms with Crippen LogP contribution >= 0.6 is 0 Å². The van der Waals surface area contributed by atoms with E-state index in [0.29, 0.717) is 6.61 Å². The van der Waals surface area contributed by atoms with Crippen LogP contribution in [-0.2, 0) is 0 Å². The lowest BCUT2D eigenvalue weighted by Crippen LogP contribution is -2.01. The van der Waals surface area contributed by atoms with Crippen molar-refractivity contribution in [1.29, 1.82) is 0 Å². The minimum atomic E-state index is 0.0923. The molecule has 0 saturated heterocycles. The van der Waals surface area contributed by atoms with Crippen LogP contribution in [0, 0.1) is 12.8 Å². The van der Waals surface area contributed by atoms with Crippen LogP contribution < -0.4 is 4.74 Å². The van der Waals surface area contributed by atoms with Crippen molar-refractivity contribution in [2.24, 2.45) is 0 Å². The first-order chi connectivity index (χ1) is 6.67. The van der Waals surface area contributed by atoms with Gasteiger partial charge in [-0.2, -0.15) is 0 Å². The molecule has 2 heteroatoms. The van der Waals surface area contributed by atoms with Crippen LogP contribution in [-0.4, -0.2) is 18.3 Å². The number of aryl methyl sites for hydroxylation is 1. The Balaban J connectivity index is 2.94. The smallest absolute Gasteiger partial charge is 0.119 e. The molecule has 2 nitrogen and oxygen atoms in total. The first-order valence-corrected chi connectivity index (χ1v) is 4.85. The van der Waals surface area contributed by atoms with Crippen molar-refractivity contribution in [2.75, 3.05) is 13.2 Å². The van der Waals surface area contributed by atoms with Gasteiger partial charge in [0.15, 0.2) is 0 Å². The summed E-state index contributed by atoms with van der Waals surface area (Å²) in [5.41, 5.74) is 2.20. The van der Waals surface area contributed by atoms with Gasteiger partial charge in [-0.25, -0.2) is 0 Å². The van der Waals surface area contributed by atoms with Gasteiger partial charge in [-0.15, -0.1) is 0 Å². The van der Waals surface area contributed by atoms with E-state index >= 15 is 0 Å². The summed E-state index contributed by atoms with van der Waals surface area (Å²) in [6.07, 6.45) is 0. The normalized spacial score (nSPS) is 10.6. The number of aliphatic hydroxyl groups is 1. The van der Waals surface area contributed by atoms with Crippen molar-refractivity contribution in [3.05, 3.63) is 35.2 Å². The van der Waals surface area contributed by atoms with Gasteiger partial charge >= 0.3 is 0 Å². The zero-order valence-corrected chi connectivity index (χ0v) is 9.00. The molecule has 0 aromatic heterocycles. The van der Waals surface area contributed by atoms with Crippen LogP contribution in [0.5, 0.6) is 5.75 Å². The van der Waals surface area contributed by atoms with Crippen LogP contribution in [0.25, 0.3) is 0 Å². The number of benzene rings is 1. The highest BCUT2D eigenvalue weighted by Gasteiger charge is 2.06. The van der Waals surface area contributed by atoms with E-state index in [1.807, 2.05) is 39.0 Å². The summed E-state index contributed by atoms with van der Waals surface area (Å²) >= 11 is 0. The summed E-state index contributed by atoms with van der Waals surface area (Å²) in [7, 11) is 0. The van der Waals surface area contributed by atoms with Gasteiger partial charge in [0.25, 0.3) is 0 Å². The zero-order valence-electron chi connectivity index (χ0n) is 9.00. The van der Waals surface area contributed by atoms with E-state index in [-0.39, 0.29) is 6.61 Å². The third-order valence-electron chi connectivity index (χ3n) is 2.09. The molecule has 0 unspecified atom stereocenters. The van der Waals surface area contributed by atoms with Crippen LogP contribution in [0.4, 0.5) is 0 Å². The summed E-state index contributed by atoms with van der Waals surface area (Å²) in [6, 6.07) is 6.01. The first kappa shape index (κ1) is 11.1. The minimum absolute atomic E-state index is 0.0923. The third kappa shape index (κ3) is 2.74. The molecule has 0 aliphatic heterocycles. The molecule has 0 spiro atoms. The Labute approximate surface area is 85.5 Å². The number of hydrogen-bond acceptors (Lipinski definition) is 2. The Morgan fingerprint density at radius 1 is 1.36 bits per heavy atom. The van der Waals surface area contributed by atoms with E-state index in [0.717, 1.165) is 22.8 Å². The van der Waals surface area contributed by atoms with Crippen molar-refractivity contribution in [3.8, 4) is 5.75 Å². The Morgan fingerprint density at radius 2 is 2.07 bits per heavy atom. The van der Waals surface area contributed by atoms with E-state index in [4.69, 9.17) is 9.84 Å². The summed E-state index contributed by atoms with van der Waals surface area (Å²) in [4.78, 5) is 0. The Hall–Kier alpha value is -1.02. The third-order valence-corrected chi connectivity index (χ3v) is 2.09. The van der Waals surface area contributed by atoms with Crippen molar-refractivity contribution >= 4 is 0 Å². The zero-order chi connectivity index (χ0) is 10.6. The van der Waals surface area contributed by atoms with Gasteiger partial charge in [0.1, 0.15) is 5.75 Å². The molecule has 0 saturated carbocycles. The number of rotatable bonds is 4. The highest BCUT2D eigenvalue weighted by atomic mass is 16.5. The Morgan fingerprint density at radius 3 is 2.64 bits per heavy atom. The van der Waals surface area contributed by atoms with Crippen molar-refractivity contribution < 1.29 is 9.84 Å². The topological polar surface area (TPSA) is 29.5 Å². The van der Waals surface area contributed by atoms with Crippen LogP contribution in [0.15, 0.2) is 18.2 Å². The molecule has 1 rings (SSSR count). The summed E-state index contributed by atoms with van der Waals surface area (Å²) in [5, 5.41) is 9.02. The fourth-order valence-corrected chi connectivity index (χ4v) is 1.34. The van der Waals surface area contributed by atoms with Gasteiger partial charge in [0.05, 0.1) is 13.2 Å². The first-order valence-electron chi connectivity index (χ1n) is 4.85. The maximum atomic E-state index is 9.02. The molecular weight excluding hydrogens is 176 g/mol. The molecule has 0 heterocycles. The lowest BCUT2D eigenvalue weighted by molar-refractivity contribution is 0.314. The molecule has 1 N–H and O–H groups in total. The Kier molecular flexibility index (Phi) is 3.96. The molecule has 0 bridgehead atoms. The van der Waals surface area contributed by atoms with Gasteiger partial charge in [-0.3, -0.25) is 0 Å². The van der Waals surface area contributed by atoms with Gasteiger partial charge in [0, 0.05) is 5.92 Å². The monoisotopic (exact) mass is 193 g/mol. The highest BCUT2D eigenvalue weighted by molar-refractivity contribution is 5.40. The van der Waals surface area contributed by atoms with Gasteiger partial charge in [0.2, 0.25) is 0 Å². The van der Waals surface area contributed by atoms with Crippen LogP contribution in [0.3, 0.4) is 0 Å². The fourth-order valence-electron chi connectivity index (χ4n) is 1.34. The molecule has 14 heavy (non-hydrogen) atoms. The molecule has 0 aliphatic rings. The second-order valence-corrected chi connectivity index (χ2v) is 3.41. The van der Waals surface area contributed by atoms with Crippen molar-refractivity contribution in [1.82, 2.24) is 0 Å². The second-order valence-electron chi connectivity index (χ2n) is 3.41. The van der Waals surface area contributed by atoms with Gasteiger partial charge in [-0.05, 0) is 37.1 Å². The Bertz CT molecular complexity index is 294. The molecular formula is C12H17O2. The van der Waals surface area contributed by atoms with E-state index in [1.54, 1.807) is 0 Å². The summed E-state index contributed by atoms with van der Waals surface area (Å²) in [5.74, 6) is 1.84. The van der Waals surface area contributed by atoms with E-state index in [9.17, 15) is 0 Å². The molecule has 0 aliphatic carbocycles. The largest absolute Gasteiger partial charge is 0.494 e. The molecule has 1 radical (unpaired) electrons. The molecule has 0 fully saturated rings.